The predicted octanol–water partition coefficient (Wildman–Crippen LogP) is 4.15. The SMILES string of the molecule is CCCCSc1cc(Cl)nc(C(C)C)n1. The van der Waals surface area contributed by atoms with Crippen molar-refractivity contribution in [1.29, 1.82) is 0 Å². The predicted molar refractivity (Wildman–Crippen MR) is 66.8 cm³/mol. The largest absolute Gasteiger partial charge is 0.226 e. The first-order valence-electron chi connectivity index (χ1n) is 5.30. The lowest BCUT2D eigenvalue weighted by atomic mass is 10.2. The monoisotopic (exact) mass is 244 g/mol. The Hall–Kier alpha value is -0.280. The van der Waals surface area contributed by atoms with Gasteiger partial charge in [0.05, 0.1) is 0 Å². The number of unbranched alkanes of at least 4 members (excludes halogenated alkanes) is 1. The third-order valence-corrected chi connectivity index (χ3v) is 3.14. The van der Waals surface area contributed by atoms with Crippen molar-refractivity contribution in [3.63, 3.8) is 0 Å². The van der Waals surface area contributed by atoms with Gasteiger partial charge in [-0.05, 0) is 12.2 Å². The van der Waals surface area contributed by atoms with E-state index in [2.05, 4.69) is 30.7 Å². The third-order valence-electron chi connectivity index (χ3n) is 1.95. The van der Waals surface area contributed by atoms with E-state index in [1.54, 1.807) is 11.8 Å². The smallest absolute Gasteiger partial charge is 0.133 e. The van der Waals surface area contributed by atoms with Crippen molar-refractivity contribution in [2.45, 2.75) is 44.6 Å². The zero-order valence-corrected chi connectivity index (χ0v) is 11.0. The van der Waals surface area contributed by atoms with Crippen LogP contribution in [0.3, 0.4) is 0 Å². The molecule has 0 saturated heterocycles. The highest BCUT2D eigenvalue weighted by molar-refractivity contribution is 7.99. The van der Waals surface area contributed by atoms with Crippen molar-refractivity contribution in [2.24, 2.45) is 0 Å². The van der Waals surface area contributed by atoms with Crippen molar-refractivity contribution in [3.8, 4) is 0 Å². The zero-order chi connectivity index (χ0) is 11.3. The maximum Gasteiger partial charge on any atom is 0.133 e. The van der Waals surface area contributed by atoms with Crippen LogP contribution in [0.15, 0.2) is 11.1 Å². The van der Waals surface area contributed by atoms with Gasteiger partial charge in [0.1, 0.15) is 16.0 Å². The van der Waals surface area contributed by atoms with E-state index >= 15 is 0 Å². The van der Waals surface area contributed by atoms with Gasteiger partial charge in [-0.25, -0.2) is 9.97 Å². The van der Waals surface area contributed by atoms with E-state index in [1.807, 2.05) is 6.07 Å². The Morgan fingerprint density at radius 1 is 1.40 bits per heavy atom. The molecule has 0 unspecified atom stereocenters. The molecule has 1 rings (SSSR count). The molecule has 0 amide bonds. The van der Waals surface area contributed by atoms with Crippen LogP contribution in [0.1, 0.15) is 45.4 Å². The first-order valence-corrected chi connectivity index (χ1v) is 6.67. The van der Waals surface area contributed by atoms with E-state index in [4.69, 9.17) is 11.6 Å². The summed E-state index contributed by atoms with van der Waals surface area (Å²) in [4.78, 5) is 8.67. The van der Waals surface area contributed by atoms with Crippen LogP contribution in [-0.2, 0) is 0 Å². The first-order chi connectivity index (χ1) is 7.13. The number of rotatable bonds is 5. The van der Waals surface area contributed by atoms with Gasteiger partial charge in [-0.15, -0.1) is 11.8 Å². The summed E-state index contributed by atoms with van der Waals surface area (Å²) in [5.74, 6) is 2.26. The van der Waals surface area contributed by atoms with Crippen molar-refractivity contribution >= 4 is 23.4 Å². The van der Waals surface area contributed by atoms with Gasteiger partial charge in [0.2, 0.25) is 0 Å². The highest BCUT2D eigenvalue weighted by atomic mass is 35.5. The summed E-state index contributed by atoms with van der Waals surface area (Å²) in [6, 6.07) is 1.84. The van der Waals surface area contributed by atoms with Gasteiger partial charge in [-0.3, -0.25) is 0 Å². The number of halogens is 1. The summed E-state index contributed by atoms with van der Waals surface area (Å²) in [6.07, 6.45) is 2.42. The van der Waals surface area contributed by atoms with Crippen molar-refractivity contribution < 1.29 is 0 Å². The first kappa shape index (κ1) is 12.8. The van der Waals surface area contributed by atoms with Crippen LogP contribution in [0.4, 0.5) is 0 Å². The molecule has 1 aromatic rings. The molecule has 0 aromatic carbocycles. The molecule has 84 valence electrons. The molecule has 0 radical (unpaired) electrons. The van der Waals surface area contributed by atoms with Gasteiger partial charge in [0.25, 0.3) is 0 Å². The van der Waals surface area contributed by atoms with E-state index < -0.39 is 0 Å². The molecular formula is C11H17ClN2S. The van der Waals surface area contributed by atoms with Crippen LogP contribution in [-0.4, -0.2) is 15.7 Å². The molecule has 0 spiro atoms. The van der Waals surface area contributed by atoms with Gasteiger partial charge in [-0.2, -0.15) is 0 Å². The second kappa shape index (κ2) is 6.33. The van der Waals surface area contributed by atoms with Gasteiger partial charge in [0.15, 0.2) is 0 Å². The molecule has 4 heteroatoms. The average Bonchev–Trinajstić information content (AvgIpc) is 2.17. The van der Waals surface area contributed by atoms with Crippen molar-refractivity contribution in [2.75, 3.05) is 5.75 Å². The van der Waals surface area contributed by atoms with Gasteiger partial charge < -0.3 is 0 Å². The van der Waals surface area contributed by atoms with Crippen LogP contribution in [0.2, 0.25) is 5.15 Å². The highest BCUT2D eigenvalue weighted by Crippen LogP contribution is 2.22. The van der Waals surface area contributed by atoms with Crippen molar-refractivity contribution in [3.05, 3.63) is 17.0 Å². The maximum absolute atomic E-state index is 5.94. The fourth-order valence-electron chi connectivity index (χ4n) is 1.07. The Morgan fingerprint density at radius 3 is 2.73 bits per heavy atom. The van der Waals surface area contributed by atoms with Crippen LogP contribution < -0.4 is 0 Å². The summed E-state index contributed by atoms with van der Waals surface area (Å²) >= 11 is 7.70. The molecule has 1 heterocycles. The minimum Gasteiger partial charge on any atom is -0.226 e. The molecule has 15 heavy (non-hydrogen) atoms. The quantitative estimate of drug-likeness (QED) is 0.442. The lowest BCUT2D eigenvalue weighted by molar-refractivity contribution is 0.753. The highest BCUT2D eigenvalue weighted by Gasteiger charge is 2.06. The Morgan fingerprint density at radius 2 is 2.13 bits per heavy atom. The van der Waals surface area contributed by atoms with Crippen LogP contribution in [0, 0.1) is 0 Å². The number of nitrogens with zero attached hydrogens (tertiary/aromatic N) is 2. The average molecular weight is 245 g/mol. The summed E-state index contributed by atoms with van der Waals surface area (Å²) in [7, 11) is 0. The Kier molecular flexibility index (Phi) is 5.40. The molecule has 0 atom stereocenters. The van der Waals surface area contributed by atoms with Crippen LogP contribution in [0.5, 0.6) is 0 Å². The second-order valence-corrected chi connectivity index (χ2v) is 5.25. The Bertz CT molecular complexity index is 315. The molecular weight excluding hydrogens is 228 g/mol. The number of thioether (sulfide) groups is 1. The normalized spacial score (nSPS) is 11.0. The Balaban J connectivity index is 2.71. The fraction of sp³-hybridized carbons (Fsp3) is 0.636. The fourth-order valence-corrected chi connectivity index (χ4v) is 2.32. The number of hydrogen-bond acceptors (Lipinski definition) is 3. The maximum atomic E-state index is 5.94. The molecule has 0 aliphatic rings. The topological polar surface area (TPSA) is 25.8 Å². The molecule has 0 aliphatic heterocycles. The third kappa shape index (κ3) is 4.39. The summed E-state index contributed by atoms with van der Waals surface area (Å²) in [6.45, 7) is 6.34. The molecule has 0 fully saturated rings. The van der Waals surface area contributed by atoms with Gasteiger partial charge >= 0.3 is 0 Å². The molecule has 0 aliphatic carbocycles. The standard InChI is InChI=1S/C11H17ClN2S/c1-4-5-6-15-10-7-9(12)13-11(14-10)8(2)3/h7-8H,4-6H2,1-3H3. The van der Waals surface area contributed by atoms with E-state index in [0.29, 0.717) is 11.1 Å². The minimum atomic E-state index is 0.328. The van der Waals surface area contributed by atoms with Gasteiger partial charge in [0, 0.05) is 12.0 Å². The summed E-state index contributed by atoms with van der Waals surface area (Å²) < 4.78 is 0. The zero-order valence-electron chi connectivity index (χ0n) is 9.46. The van der Waals surface area contributed by atoms with E-state index in [1.165, 1.54) is 12.8 Å². The van der Waals surface area contributed by atoms with Crippen LogP contribution in [0.25, 0.3) is 0 Å². The molecule has 0 N–H and O–H groups in total. The molecule has 0 bridgehead atoms. The lowest BCUT2D eigenvalue weighted by Gasteiger charge is -2.06. The second-order valence-electron chi connectivity index (χ2n) is 3.74. The van der Waals surface area contributed by atoms with E-state index in [-0.39, 0.29) is 0 Å². The summed E-state index contributed by atoms with van der Waals surface area (Å²) in [5.41, 5.74) is 0. The van der Waals surface area contributed by atoms with Crippen molar-refractivity contribution in [1.82, 2.24) is 9.97 Å². The Labute approximate surface area is 101 Å². The van der Waals surface area contributed by atoms with E-state index in [0.717, 1.165) is 16.6 Å². The number of aromatic nitrogens is 2. The van der Waals surface area contributed by atoms with E-state index in [9.17, 15) is 0 Å². The summed E-state index contributed by atoms with van der Waals surface area (Å²) in [5, 5.41) is 1.54. The molecule has 0 saturated carbocycles. The minimum absolute atomic E-state index is 0.328. The van der Waals surface area contributed by atoms with Gasteiger partial charge in [-0.1, -0.05) is 38.8 Å². The molecule has 2 nitrogen and oxygen atoms in total. The lowest BCUT2D eigenvalue weighted by Crippen LogP contribution is -1.98. The van der Waals surface area contributed by atoms with Crippen LogP contribution >= 0.6 is 23.4 Å². The number of hydrogen-bond donors (Lipinski definition) is 0. The molecule has 1 aromatic heterocycles.